The molecule has 0 aromatic carbocycles. The summed E-state index contributed by atoms with van der Waals surface area (Å²) in [5, 5.41) is 4.63. The fourth-order valence-electron chi connectivity index (χ4n) is 3.52. The molecule has 0 saturated heterocycles. The van der Waals surface area contributed by atoms with Gasteiger partial charge in [-0.2, -0.15) is 0 Å². The van der Waals surface area contributed by atoms with Crippen molar-refractivity contribution in [2.45, 2.75) is 64.5 Å². The van der Waals surface area contributed by atoms with E-state index in [1.165, 1.54) is 29.8 Å². The lowest BCUT2D eigenvalue weighted by molar-refractivity contribution is 0.453. The molecule has 4 rings (SSSR count). The Morgan fingerprint density at radius 2 is 2.26 bits per heavy atom. The van der Waals surface area contributed by atoms with Crippen LogP contribution in [-0.4, -0.2) is 22.1 Å². The van der Waals surface area contributed by atoms with Crippen LogP contribution in [0.1, 0.15) is 49.5 Å². The molecule has 23 heavy (non-hydrogen) atoms. The third-order valence-corrected chi connectivity index (χ3v) is 6.34. The molecule has 0 spiro atoms. The largest absolute Gasteiger partial charge is 0.313 e. The fourth-order valence-corrected chi connectivity index (χ4v) is 4.78. The molecule has 1 N–H and O–H groups in total. The summed E-state index contributed by atoms with van der Waals surface area (Å²) < 4.78 is 1.80. The van der Waals surface area contributed by atoms with Gasteiger partial charge < -0.3 is 5.32 Å². The van der Waals surface area contributed by atoms with Gasteiger partial charge in [-0.25, -0.2) is 4.98 Å². The second-order valence-electron chi connectivity index (χ2n) is 7.07. The van der Waals surface area contributed by atoms with Crippen molar-refractivity contribution in [2.24, 2.45) is 5.92 Å². The highest BCUT2D eigenvalue weighted by Crippen LogP contribution is 2.34. The molecule has 1 unspecified atom stereocenters. The van der Waals surface area contributed by atoms with Crippen molar-refractivity contribution >= 4 is 21.6 Å². The maximum atomic E-state index is 12.8. The summed E-state index contributed by atoms with van der Waals surface area (Å²) >= 11 is 1.74. The van der Waals surface area contributed by atoms with E-state index in [1.807, 2.05) is 0 Å². The van der Waals surface area contributed by atoms with Crippen LogP contribution in [0, 0.1) is 5.92 Å². The molecule has 1 fully saturated rings. The molecule has 0 radical (unpaired) electrons. The number of thiophene rings is 1. The van der Waals surface area contributed by atoms with E-state index < -0.39 is 0 Å². The number of hydrogen-bond acceptors (Lipinski definition) is 4. The molecule has 0 aliphatic heterocycles. The lowest BCUT2D eigenvalue weighted by Crippen LogP contribution is -2.35. The van der Waals surface area contributed by atoms with Crippen molar-refractivity contribution in [1.29, 1.82) is 0 Å². The molecule has 2 aliphatic carbocycles. The van der Waals surface area contributed by atoms with Crippen LogP contribution in [0.5, 0.6) is 0 Å². The van der Waals surface area contributed by atoms with E-state index in [9.17, 15) is 4.79 Å². The maximum Gasteiger partial charge on any atom is 0.262 e. The highest BCUT2D eigenvalue weighted by Gasteiger charge is 2.27. The van der Waals surface area contributed by atoms with Crippen molar-refractivity contribution in [3.05, 3.63) is 27.1 Å². The van der Waals surface area contributed by atoms with Gasteiger partial charge in [-0.1, -0.05) is 13.3 Å². The minimum atomic E-state index is 0.172. The normalized spacial score (nSPS) is 20.8. The summed E-state index contributed by atoms with van der Waals surface area (Å²) in [7, 11) is 0. The molecule has 1 saturated carbocycles. The van der Waals surface area contributed by atoms with E-state index in [0.29, 0.717) is 6.04 Å². The smallest absolute Gasteiger partial charge is 0.262 e. The first-order valence-electron chi connectivity index (χ1n) is 8.99. The van der Waals surface area contributed by atoms with Crippen LogP contribution >= 0.6 is 11.3 Å². The van der Waals surface area contributed by atoms with Crippen molar-refractivity contribution < 1.29 is 0 Å². The van der Waals surface area contributed by atoms with Gasteiger partial charge in [-0.15, -0.1) is 11.3 Å². The first-order valence-corrected chi connectivity index (χ1v) is 9.81. The van der Waals surface area contributed by atoms with E-state index in [0.717, 1.165) is 54.8 Å². The summed E-state index contributed by atoms with van der Waals surface area (Å²) in [5.74, 6) is 0.922. The minimum Gasteiger partial charge on any atom is -0.313 e. The highest BCUT2D eigenvalue weighted by molar-refractivity contribution is 7.18. The maximum absolute atomic E-state index is 12.8. The standard InChI is InChI=1S/C18H25N3OS/c1-2-3-8-21-11-20-17-16(18(21)22)14-7-6-13(9-15(14)23-17)19-10-12-4-5-12/h11-13,19H,2-10H2,1H3. The van der Waals surface area contributed by atoms with Crippen LogP contribution in [0.3, 0.4) is 0 Å². The Labute approximate surface area is 140 Å². The SMILES string of the molecule is CCCCn1cnc2sc3c(c2c1=O)CCC(NCC1CC1)C3. The Balaban J connectivity index is 1.59. The molecule has 2 aromatic rings. The highest BCUT2D eigenvalue weighted by atomic mass is 32.1. The zero-order valence-corrected chi connectivity index (χ0v) is 14.6. The molecular formula is C18H25N3OS. The quantitative estimate of drug-likeness (QED) is 0.885. The number of hydrogen-bond donors (Lipinski definition) is 1. The van der Waals surface area contributed by atoms with Gasteiger partial charge in [-0.05, 0) is 56.6 Å². The lowest BCUT2D eigenvalue weighted by atomic mass is 9.93. The summed E-state index contributed by atoms with van der Waals surface area (Å²) in [6, 6.07) is 0.582. The Hall–Kier alpha value is -1.20. The molecule has 5 heteroatoms. The predicted molar refractivity (Wildman–Crippen MR) is 95.3 cm³/mol. The first kappa shape index (κ1) is 15.3. The van der Waals surface area contributed by atoms with Gasteiger partial charge in [0.15, 0.2) is 0 Å². The van der Waals surface area contributed by atoms with Gasteiger partial charge in [0, 0.05) is 17.5 Å². The van der Waals surface area contributed by atoms with E-state index in [4.69, 9.17) is 0 Å². The van der Waals surface area contributed by atoms with E-state index >= 15 is 0 Å². The van der Waals surface area contributed by atoms with Gasteiger partial charge in [0.25, 0.3) is 5.56 Å². The van der Waals surface area contributed by atoms with Crippen molar-refractivity contribution in [3.63, 3.8) is 0 Å². The average Bonchev–Trinajstić information content (AvgIpc) is 3.31. The average molecular weight is 331 g/mol. The number of aryl methyl sites for hydroxylation is 2. The molecule has 2 heterocycles. The summed E-state index contributed by atoms with van der Waals surface area (Å²) in [6.45, 7) is 4.11. The van der Waals surface area contributed by atoms with Gasteiger partial charge in [0.1, 0.15) is 4.83 Å². The van der Waals surface area contributed by atoms with Crippen LogP contribution in [-0.2, 0) is 19.4 Å². The Morgan fingerprint density at radius 1 is 1.39 bits per heavy atom. The Kier molecular flexibility index (Phi) is 4.24. The number of fused-ring (bicyclic) bond motifs is 3. The van der Waals surface area contributed by atoms with Crippen LogP contribution in [0.2, 0.25) is 0 Å². The summed E-state index contributed by atoms with van der Waals surface area (Å²) in [5.41, 5.74) is 1.46. The van der Waals surface area contributed by atoms with Crippen molar-refractivity contribution in [3.8, 4) is 0 Å². The summed E-state index contributed by atoms with van der Waals surface area (Å²) in [4.78, 5) is 19.7. The number of aromatic nitrogens is 2. The van der Waals surface area contributed by atoms with Crippen molar-refractivity contribution in [1.82, 2.24) is 14.9 Å². The van der Waals surface area contributed by atoms with Crippen LogP contribution in [0.25, 0.3) is 10.2 Å². The van der Waals surface area contributed by atoms with Gasteiger partial charge >= 0.3 is 0 Å². The Morgan fingerprint density at radius 3 is 3.04 bits per heavy atom. The molecule has 4 nitrogen and oxygen atoms in total. The minimum absolute atomic E-state index is 0.172. The van der Waals surface area contributed by atoms with Gasteiger partial charge in [0.2, 0.25) is 0 Å². The summed E-state index contributed by atoms with van der Waals surface area (Å²) in [6.07, 6.45) is 9.90. The monoisotopic (exact) mass is 331 g/mol. The molecule has 0 amide bonds. The first-order chi connectivity index (χ1) is 11.3. The van der Waals surface area contributed by atoms with E-state index in [1.54, 1.807) is 22.2 Å². The number of rotatable bonds is 6. The zero-order chi connectivity index (χ0) is 15.8. The molecular weight excluding hydrogens is 306 g/mol. The van der Waals surface area contributed by atoms with E-state index in [-0.39, 0.29) is 5.56 Å². The second kappa shape index (κ2) is 6.36. The van der Waals surface area contributed by atoms with Crippen molar-refractivity contribution in [2.75, 3.05) is 6.54 Å². The zero-order valence-electron chi connectivity index (χ0n) is 13.8. The van der Waals surface area contributed by atoms with E-state index in [2.05, 4.69) is 17.2 Å². The molecule has 124 valence electrons. The van der Waals surface area contributed by atoms with Crippen LogP contribution in [0.4, 0.5) is 0 Å². The van der Waals surface area contributed by atoms with Gasteiger partial charge in [0.05, 0.1) is 11.7 Å². The third-order valence-electron chi connectivity index (χ3n) is 5.18. The molecule has 2 aromatic heterocycles. The van der Waals surface area contributed by atoms with Crippen LogP contribution in [0.15, 0.2) is 11.1 Å². The molecule has 1 atom stereocenters. The van der Waals surface area contributed by atoms with Gasteiger partial charge in [-0.3, -0.25) is 9.36 Å². The number of nitrogens with one attached hydrogen (secondary N) is 1. The topological polar surface area (TPSA) is 46.9 Å². The molecule has 0 bridgehead atoms. The third kappa shape index (κ3) is 3.09. The number of nitrogens with zero attached hydrogens (tertiary/aromatic N) is 2. The molecule has 2 aliphatic rings. The Bertz CT molecular complexity index is 759. The van der Waals surface area contributed by atoms with Crippen LogP contribution < -0.4 is 10.9 Å². The fraction of sp³-hybridized carbons (Fsp3) is 0.667. The number of unbranched alkanes of at least 4 members (excludes halogenated alkanes) is 1. The predicted octanol–water partition coefficient (Wildman–Crippen LogP) is 3.12. The second-order valence-corrected chi connectivity index (χ2v) is 8.16. The lowest BCUT2D eigenvalue weighted by Gasteiger charge is -2.23.